The van der Waals surface area contributed by atoms with Gasteiger partial charge in [0.25, 0.3) is 0 Å². The SMILES string of the molecule is Cc1cc(CC(C)Nc2nc(CN(C)C)nc3scc(-c4ccccc4)c23)n[nH]1. The van der Waals surface area contributed by atoms with Crippen molar-refractivity contribution in [2.75, 3.05) is 19.4 Å². The van der Waals surface area contributed by atoms with Gasteiger partial charge in [0, 0.05) is 29.1 Å². The number of hydrogen-bond donors (Lipinski definition) is 2. The third-order valence-electron chi connectivity index (χ3n) is 4.68. The summed E-state index contributed by atoms with van der Waals surface area (Å²) in [7, 11) is 4.07. The van der Waals surface area contributed by atoms with Gasteiger partial charge in [-0.2, -0.15) is 5.10 Å². The lowest BCUT2D eigenvalue weighted by Gasteiger charge is -2.17. The molecule has 1 unspecified atom stereocenters. The molecule has 0 aliphatic rings. The fraction of sp³-hybridized carbons (Fsp3) is 0.318. The molecule has 0 aliphatic heterocycles. The molecular weight excluding hydrogens is 380 g/mol. The maximum Gasteiger partial charge on any atom is 0.146 e. The van der Waals surface area contributed by atoms with Gasteiger partial charge in [-0.05, 0) is 39.6 Å². The molecule has 0 radical (unpaired) electrons. The number of rotatable bonds is 7. The Hall–Kier alpha value is -2.77. The minimum atomic E-state index is 0.187. The van der Waals surface area contributed by atoms with E-state index in [1.165, 1.54) is 11.1 Å². The Labute approximate surface area is 175 Å². The second-order valence-electron chi connectivity index (χ2n) is 7.71. The number of H-pyrrole nitrogens is 1. The summed E-state index contributed by atoms with van der Waals surface area (Å²) in [5, 5.41) is 14.3. The summed E-state index contributed by atoms with van der Waals surface area (Å²) in [6.45, 7) is 4.89. The number of aromatic nitrogens is 4. The average molecular weight is 407 g/mol. The van der Waals surface area contributed by atoms with Crippen LogP contribution >= 0.6 is 11.3 Å². The lowest BCUT2D eigenvalue weighted by atomic mass is 10.1. The largest absolute Gasteiger partial charge is 0.367 e. The molecule has 0 aliphatic carbocycles. The third kappa shape index (κ3) is 4.46. The molecule has 3 heterocycles. The van der Waals surface area contributed by atoms with E-state index in [1.807, 2.05) is 27.1 Å². The van der Waals surface area contributed by atoms with E-state index in [4.69, 9.17) is 9.97 Å². The third-order valence-corrected chi connectivity index (χ3v) is 5.55. The van der Waals surface area contributed by atoms with E-state index in [9.17, 15) is 0 Å². The first kappa shape index (κ1) is 19.5. The molecular formula is C22H26N6S. The second-order valence-corrected chi connectivity index (χ2v) is 8.57. The van der Waals surface area contributed by atoms with Crippen LogP contribution in [0.5, 0.6) is 0 Å². The molecule has 4 rings (SSSR count). The van der Waals surface area contributed by atoms with Gasteiger partial charge in [-0.1, -0.05) is 30.3 Å². The van der Waals surface area contributed by atoms with Gasteiger partial charge in [-0.25, -0.2) is 9.97 Å². The first-order chi connectivity index (χ1) is 14.0. The monoisotopic (exact) mass is 406 g/mol. The average Bonchev–Trinajstić information content (AvgIpc) is 3.28. The zero-order chi connectivity index (χ0) is 20.4. The van der Waals surface area contributed by atoms with Crippen molar-refractivity contribution in [3.63, 3.8) is 0 Å². The molecule has 0 bridgehead atoms. The van der Waals surface area contributed by atoms with E-state index in [0.29, 0.717) is 6.54 Å². The highest BCUT2D eigenvalue weighted by atomic mass is 32.1. The summed E-state index contributed by atoms with van der Waals surface area (Å²) < 4.78 is 0. The van der Waals surface area contributed by atoms with Crippen LogP contribution in [0.2, 0.25) is 0 Å². The van der Waals surface area contributed by atoms with E-state index in [2.05, 4.69) is 63.0 Å². The Morgan fingerprint density at radius 2 is 1.97 bits per heavy atom. The molecule has 3 aromatic heterocycles. The number of aromatic amines is 1. The van der Waals surface area contributed by atoms with Crippen LogP contribution in [-0.4, -0.2) is 45.2 Å². The van der Waals surface area contributed by atoms with Crippen LogP contribution in [0.1, 0.15) is 24.1 Å². The molecule has 0 fully saturated rings. The van der Waals surface area contributed by atoms with Crippen LogP contribution in [0.3, 0.4) is 0 Å². The van der Waals surface area contributed by atoms with Crippen LogP contribution in [0.25, 0.3) is 21.3 Å². The number of hydrogen-bond acceptors (Lipinski definition) is 6. The first-order valence-corrected chi connectivity index (χ1v) is 10.6. The van der Waals surface area contributed by atoms with Gasteiger partial charge in [0.2, 0.25) is 0 Å². The van der Waals surface area contributed by atoms with E-state index in [1.54, 1.807) is 11.3 Å². The first-order valence-electron chi connectivity index (χ1n) is 9.75. The fourth-order valence-corrected chi connectivity index (χ4v) is 4.42. The smallest absolute Gasteiger partial charge is 0.146 e. The van der Waals surface area contributed by atoms with Crippen LogP contribution < -0.4 is 5.32 Å². The van der Waals surface area contributed by atoms with Crippen molar-refractivity contribution in [1.82, 2.24) is 25.1 Å². The van der Waals surface area contributed by atoms with E-state index in [-0.39, 0.29) is 6.04 Å². The fourth-order valence-electron chi connectivity index (χ4n) is 3.45. The summed E-state index contributed by atoms with van der Waals surface area (Å²) in [6.07, 6.45) is 0.823. The summed E-state index contributed by atoms with van der Waals surface area (Å²) >= 11 is 1.67. The van der Waals surface area contributed by atoms with Crippen molar-refractivity contribution >= 4 is 27.4 Å². The van der Waals surface area contributed by atoms with Gasteiger partial charge >= 0.3 is 0 Å². The number of fused-ring (bicyclic) bond motifs is 1. The van der Waals surface area contributed by atoms with Crippen molar-refractivity contribution in [1.29, 1.82) is 0 Å². The summed E-state index contributed by atoms with van der Waals surface area (Å²) in [6, 6.07) is 12.7. The maximum atomic E-state index is 4.90. The topological polar surface area (TPSA) is 69.7 Å². The molecule has 4 aromatic rings. The van der Waals surface area contributed by atoms with Crippen LogP contribution in [-0.2, 0) is 13.0 Å². The number of benzene rings is 1. The Kier molecular flexibility index (Phi) is 5.60. The molecule has 0 saturated carbocycles. The van der Waals surface area contributed by atoms with Crippen molar-refractivity contribution in [3.05, 3.63) is 59.0 Å². The molecule has 6 nitrogen and oxygen atoms in total. The summed E-state index contributed by atoms with van der Waals surface area (Å²) in [5.74, 6) is 1.72. The van der Waals surface area contributed by atoms with Crippen molar-refractivity contribution in [3.8, 4) is 11.1 Å². The van der Waals surface area contributed by atoms with Crippen LogP contribution in [0.15, 0.2) is 41.8 Å². The Bertz CT molecular complexity index is 1100. The maximum absolute atomic E-state index is 4.90. The van der Waals surface area contributed by atoms with E-state index in [0.717, 1.165) is 39.7 Å². The predicted octanol–water partition coefficient (Wildman–Crippen LogP) is 4.49. The van der Waals surface area contributed by atoms with Crippen molar-refractivity contribution in [2.24, 2.45) is 0 Å². The second kappa shape index (κ2) is 8.31. The van der Waals surface area contributed by atoms with Crippen LogP contribution in [0.4, 0.5) is 5.82 Å². The Morgan fingerprint density at radius 1 is 1.17 bits per heavy atom. The van der Waals surface area contributed by atoms with Gasteiger partial charge in [-0.3, -0.25) is 5.10 Å². The minimum Gasteiger partial charge on any atom is -0.367 e. The molecule has 29 heavy (non-hydrogen) atoms. The quantitative estimate of drug-likeness (QED) is 0.473. The van der Waals surface area contributed by atoms with Gasteiger partial charge in [0.05, 0.1) is 17.6 Å². The Morgan fingerprint density at radius 3 is 2.66 bits per heavy atom. The Balaban J connectivity index is 1.73. The summed E-state index contributed by atoms with van der Waals surface area (Å²) in [5.41, 5.74) is 4.48. The molecule has 0 spiro atoms. The van der Waals surface area contributed by atoms with E-state index >= 15 is 0 Å². The zero-order valence-electron chi connectivity index (χ0n) is 17.2. The van der Waals surface area contributed by atoms with Crippen molar-refractivity contribution in [2.45, 2.75) is 32.9 Å². The molecule has 7 heteroatoms. The number of aryl methyl sites for hydroxylation is 1. The molecule has 150 valence electrons. The standard InChI is InChI=1S/C22H26N6S/c1-14(10-17-11-15(2)26-27-17)23-21-20-18(16-8-6-5-7-9-16)13-29-22(20)25-19(24-21)12-28(3)4/h5-9,11,13-14H,10,12H2,1-4H3,(H,26,27)(H,23,24,25). The molecule has 2 N–H and O–H groups in total. The molecule has 0 saturated heterocycles. The predicted molar refractivity (Wildman–Crippen MR) is 120 cm³/mol. The van der Waals surface area contributed by atoms with Gasteiger partial charge in [-0.15, -0.1) is 11.3 Å². The number of thiophene rings is 1. The summed E-state index contributed by atoms with van der Waals surface area (Å²) in [4.78, 5) is 12.8. The highest BCUT2D eigenvalue weighted by Crippen LogP contribution is 2.37. The normalized spacial score (nSPS) is 12.6. The zero-order valence-corrected chi connectivity index (χ0v) is 18.0. The number of anilines is 1. The highest BCUT2D eigenvalue weighted by molar-refractivity contribution is 7.17. The lowest BCUT2D eigenvalue weighted by molar-refractivity contribution is 0.391. The van der Waals surface area contributed by atoms with Crippen molar-refractivity contribution < 1.29 is 0 Å². The molecule has 0 amide bonds. The highest BCUT2D eigenvalue weighted by Gasteiger charge is 2.17. The van der Waals surface area contributed by atoms with Gasteiger partial charge < -0.3 is 10.2 Å². The number of nitrogens with one attached hydrogen (secondary N) is 2. The molecule has 1 atom stereocenters. The molecule has 1 aromatic carbocycles. The van der Waals surface area contributed by atoms with Gasteiger partial charge in [0.15, 0.2) is 0 Å². The minimum absolute atomic E-state index is 0.187. The van der Waals surface area contributed by atoms with Crippen LogP contribution in [0, 0.1) is 6.92 Å². The van der Waals surface area contributed by atoms with E-state index < -0.39 is 0 Å². The number of nitrogens with zero attached hydrogens (tertiary/aromatic N) is 4. The lowest BCUT2D eigenvalue weighted by Crippen LogP contribution is -2.21. The van der Waals surface area contributed by atoms with Gasteiger partial charge in [0.1, 0.15) is 16.5 Å².